The molecule has 0 radical (unpaired) electrons. The van der Waals surface area contributed by atoms with E-state index in [1.54, 1.807) is 7.05 Å². The van der Waals surface area contributed by atoms with Gasteiger partial charge in [0.05, 0.1) is 6.42 Å². The highest BCUT2D eigenvalue weighted by Crippen LogP contribution is 2.27. The predicted octanol–water partition coefficient (Wildman–Crippen LogP) is 1.83. The molecule has 98 valence electrons. The first-order valence-corrected chi connectivity index (χ1v) is 6.18. The molecular formula is C12H22N2O3. The molecule has 2 N–H and O–H groups in total. The van der Waals surface area contributed by atoms with Gasteiger partial charge in [-0.1, -0.05) is 19.3 Å². The molecule has 1 aliphatic carbocycles. The molecule has 5 nitrogen and oxygen atoms in total. The van der Waals surface area contributed by atoms with Gasteiger partial charge in [0.2, 0.25) is 0 Å². The Balaban J connectivity index is 2.39. The fraction of sp³-hybridized carbons (Fsp3) is 0.833. The summed E-state index contributed by atoms with van der Waals surface area (Å²) in [6.07, 6.45) is 5.53. The maximum absolute atomic E-state index is 11.9. The van der Waals surface area contributed by atoms with E-state index in [1.165, 1.54) is 11.3 Å². The minimum atomic E-state index is -0.881. The van der Waals surface area contributed by atoms with E-state index >= 15 is 0 Å². The standard InChI is InChI=1S/C12H22N2O3/c1-12(7-4-3-5-8-12)13-11(17)14(2)9-6-10(15)16/h3-9H2,1-2H3,(H,13,17)(H,15,16). The van der Waals surface area contributed by atoms with E-state index < -0.39 is 5.97 Å². The number of amides is 2. The number of nitrogens with one attached hydrogen (secondary N) is 1. The molecule has 2 amide bonds. The van der Waals surface area contributed by atoms with E-state index in [0.717, 1.165) is 25.7 Å². The Morgan fingerprint density at radius 3 is 2.41 bits per heavy atom. The summed E-state index contributed by atoms with van der Waals surface area (Å²) in [6.45, 7) is 2.31. The highest BCUT2D eigenvalue weighted by atomic mass is 16.4. The molecule has 1 fully saturated rings. The third-order valence-electron chi connectivity index (χ3n) is 3.37. The SMILES string of the molecule is CN(CCC(=O)O)C(=O)NC1(C)CCCCC1. The molecule has 0 spiro atoms. The molecule has 0 aliphatic heterocycles. The smallest absolute Gasteiger partial charge is 0.317 e. The lowest BCUT2D eigenvalue weighted by Crippen LogP contribution is -2.51. The average molecular weight is 242 g/mol. The maximum atomic E-state index is 11.9. The van der Waals surface area contributed by atoms with Crippen molar-refractivity contribution in [2.75, 3.05) is 13.6 Å². The van der Waals surface area contributed by atoms with Crippen molar-refractivity contribution in [3.8, 4) is 0 Å². The molecule has 0 bridgehead atoms. The van der Waals surface area contributed by atoms with Crippen molar-refractivity contribution in [3.05, 3.63) is 0 Å². The van der Waals surface area contributed by atoms with Gasteiger partial charge in [-0.25, -0.2) is 4.79 Å². The van der Waals surface area contributed by atoms with Crippen LogP contribution in [0.2, 0.25) is 0 Å². The number of carboxylic acids is 1. The molecule has 1 aliphatic rings. The first kappa shape index (κ1) is 13.8. The molecule has 1 rings (SSSR count). The second-order valence-electron chi connectivity index (χ2n) is 5.12. The Morgan fingerprint density at radius 2 is 1.88 bits per heavy atom. The fourth-order valence-electron chi connectivity index (χ4n) is 2.18. The third kappa shape index (κ3) is 4.63. The summed E-state index contributed by atoms with van der Waals surface area (Å²) in [4.78, 5) is 23.7. The van der Waals surface area contributed by atoms with Crippen LogP contribution in [0.5, 0.6) is 0 Å². The quantitative estimate of drug-likeness (QED) is 0.790. The lowest BCUT2D eigenvalue weighted by molar-refractivity contribution is -0.137. The van der Waals surface area contributed by atoms with Crippen LogP contribution in [-0.2, 0) is 4.79 Å². The molecule has 17 heavy (non-hydrogen) atoms. The topological polar surface area (TPSA) is 69.6 Å². The molecule has 1 saturated carbocycles. The third-order valence-corrected chi connectivity index (χ3v) is 3.37. The molecule has 0 aromatic rings. The van der Waals surface area contributed by atoms with Crippen LogP contribution in [-0.4, -0.2) is 41.1 Å². The Hall–Kier alpha value is -1.26. The number of carboxylic acid groups (broad SMARTS) is 1. The Morgan fingerprint density at radius 1 is 1.29 bits per heavy atom. The highest BCUT2D eigenvalue weighted by Gasteiger charge is 2.29. The molecule has 0 unspecified atom stereocenters. The zero-order chi connectivity index (χ0) is 12.9. The van der Waals surface area contributed by atoms with Crippen molar-refractivity contribution in [1.29, 1.82) is 0 Å². The number of urea groups is 1. The minimum absolute atomic E-state index is 0.0133. The summed E-state index contributed by atoms with van der Waals surface area (Å²) < 4.78 is 0. The van der Waals surface area contributed by atoms with Crippen LogP contribution >= 0.6 is 0 Å². The van der Waals surface area contributed by atoms with Gasteiger partial charge in [0.15, 0.2) is 0 Å². The number of aliphatic carboxylic acids is 1. The zero-order valence-electron chi connectivity index (χ0n) is 10.7. The molecule has 0 saturated heterocycles. The lowest BCUT2D eigenvalue weighted by Gasteiger charge is -2.35. The molecule has 0 aromatic carbocycles. The van der Waals surface area contributed by atoms with Gasteiger partial charge in [-0.3, -0.25) is 4.79 Å². The predicted molar refractivity (Wildman–Crippen MR) is 64.9 cm³/mol. The van der Waals surface area contributed by atoms with Gasteiger partial charge in [-0.2, -0.15) is 0 Å². The van der Waals surface area contributed by atoms with Crippen molar-refractivity contribution >= 4 is 12.0 Å². The van der Waals surface area contributed by atoms with Crippen molar-refractivity contribution in [2.45, 2.75) is 51.0 Å². The van der Waals surface area contributed by atoms with Gasteiger partial charge in [0, 0.05) is 19.1 Å². The van der Waals surface area contributed by atoms with Crippen LogP contribution in [0.1, 0.15) is 45.4 Å². The first-order valence-electron chi connectivity index (χ1n) is 6.18. The first-order chi connectivity index (χ1) is 7.93. The van der Waals surface area contributed by atoms with Crippen LogP contribution < -0.4 is 5.32 Å². The summed E-state index contributed by atoms with van der Waals surface area (Å²) in [5.41, 5.74) is -0.118. The average Bonchev–Trinajstić information content (AvgIpc) is 2.26. The second kappa shape index (κ2) is 5.89. The Bertz CT molecular complexity index is 285. The summed E-state index contributed by atoms with van der Waals surface area (Å²) in [5, 5.41) is 11.6. The van der Waals surface area contributed by atoms with E-state index in [1.807, 2.05) is 0 Å². The number of carbonyl (C=O) groups excluding carboxylic acids is 1. The Kier molecular flexibility index (Phi) is 4.78. The van der Waals surface area contributed by atoms with Crippen molar-refractivity contribution in [2.24, 2.45) is 0 Å². The second-order valence-corrected chi connectivity index (χ2v) is 5.12. The highest BCUT2D eigenvalue weighted by molar-refractivity contribution is 5.75. The van der Waals surface area contributed by atoms with Crippen LogP contribution in [0, 0.1) is 0 Å². The summed E-state index contributed by atoms with van der Waals surface area (Å²) in [5.74, 6) is -0.881. The van der Waals surface area contributed by atoms with Crippen LogP contribution in [0.3, 0.4) is 0 Å². The fourth-order valence-corrected chi connectivity index (χ4v) is 2.18. The number of carbonyl (C=O) groups is 2. The molecular weight excluding hydrogens is 220 g/mol. The number of hydrogen-bond acceptors (Lipinski definition) is 2. The van der Waals surface area contributed by atoms with E-state index in [4.69, 9.17) is 5.11 Å². The largest absolute Gasteiger partial charge is 0.481 e. The summed E-state index contributed by atoms with van der Waals surface area (Å²) >= 11 is 0. The molecule has 5 heteroatoms. The van der Waals surface area contributed by atoms with Gasteiger partial charge >= 0.3 is 12.0 Å². The van der Waals surface area contributed by atoms with Gasteiger partial charge in [0.25, 0.3) is 0 Å². The van der Waals surface area contributed by atoms with Crippen LogP contribution in [0.15, 0.2) is 0 Å². The molecule has 0 aromatic heterocycles. The maximum Gasteiger partial charge on any atom is 0.317 e. The number of nitrogens with zero attached hydrogens (tertiary/aromatic N) is 1. The number of rotatable bonds is 4. The summed E-state index contributed by atoms with van der Waals surface area (Å²) in [6, 6.07) is -0.171. The van der Waals surface area contributed by atoms with E-state index in [0.29, 0.717) is 0 Å². The normalized spacial score (nSPS) is 18.5. The van der Waals surface area contributed by atoms with Crippen molar-refractivity contribution < 1.29 is 14.7 Å². The lowest BCUT2D eigenvalue weighted by atomic mass is 9.83. The van der Waals surface area contributed by atoms with E-state index in [-0.39, 0.29) is 24.5 Å². The molecule has 0 heterocycles. The van der Waals surface area contributed by atoms with Crippen molar-refractivity contribution in [1.82, 2.24) is 10.2 Å². The van der Waals surface area contributed by atoms with Gasteiger partial charge in [-0.15, -0.1) is 0 Å². The van der Waals surface area contributed by atoms with Crippen LogP contribution in [0.25, 0.3) is 0 Å². The van der Waals surface area contributed by atoms with Gasteiger partial charge in [-0.05, 0) is 19.8 Å². The van der Waals surface area contributed by atoms with Gasteiger partial charge in [0.1, 0.15) is 0 Å². The van der Waals surface area contributed by atoms with Crippen LogP contribution in [0.4, 0.5) is 4.79 Å². The van der Waals surface area contributed by atoms with E-state index in [9.17, 15) is 9.59 Å². The zero-order valence-corrected chi connectivity index (χ0v) is 10.7. The number of hydrogen-bond donors (Lipinski definition) is 2. The van der Waals surface area contributed by atoms with Gasteiger partial charge < -0.3 is 15.3 Å². The summed E-state index contributed by atoms with van der Waals surface area (Å²) in [7, 11) is 1.63. The monoisotopic (exact) mass is 242 g/mol. The molecule has 0 atom stereocenters. The van der Waals surface area contributed by atoms with Crippen molar-refractivity contribution in [3.63, 3.8) is 0 Å². The minimum Gasteiger partial charge on any atom is -0.481 e. The van der Waals surface area contributed by atoms with E-state index in [2.05, 4.69) is 12.2 Å². The Labute approximate surface area is 102 Å².